The molecule has 0 saturated carbocycles. The number of hydrogen-bond donors (Lipinski definition) is 2. The highest BCUT2D eigenvalue weighted by Gasteiger charge is 2.35. The number of hydrogen-bond acceptors (Lipinski definition) is 4. The van der Waals surface area contributed by atoms with Crippen LogP contribution in [0.2, 0.25) is 0 Å². The highest BCUT2D eigenvalue weighted by Crippen LogP contribution is 2.14. The highest BCUT2D eigenvalue weighted by atomic mass is 16.3. The lowest BCUT2D eigenvalue weighted by atomic mass is 9.97. The lowest BCUT2D eigenvalue weighted by molar-refractivity contribution is -0.0347. The van der Waals surface area contributed by atoms with Crippen molar-refractivity contribution in [3.05, 3.63) is 17.7 Å². The van der Waals surface area contributed by atoms with Crippen molar-refractivity contribution in [1.29, 1.82) is 0 Å². The molecule has 0 atom stereocenters. The minimum atomic E-state index is -0.540. The summed E-state index contributed by atoms with van der Waals surface area (Å²) in [5.74, 6) is 0. The number of likely N-dealkylation sites (N-methyl/N-ethyl adjacent to an activating group) is 1. The van der Waals surface area contributed by atoms with Gasteiger partial charge in [0.1, 0.15) is 5.60 Å². The van der Waals surface area contributed by atoms with Crippen molar-refractivity contribution >= 4 is 0 Å². The summed E-state index contributed by atoms with van der Waals surface area (Å²) in [6, 6.07) is 0. The van der Waals surface area contributed by atoms with Crippen LogP contribution in [0.3, 0.4) is 0 Å². The molecule has 2 N–H and O–H groups in total. The van der Waals surface area contributed by atoms with E-state index in [0.717, 1.165) is 12.2 Å². The van der Waals surface area contributed by atoms with Gasteiger partial charge in [0.05, 0.1) is 17.7 Å². The number of imidazole rings is 1. The maximum Gasteiger partial charge on any atom is 0.102 e. The van der Waals surface area contributed by atoms with Crippen LogP contribution >= 0.6 is 0 Å². The molecular weight excluding hydrogens is 204 g/mol. The summed E-state index contributed by atoms with van der Waals surface area (Å²) in [5.41, 5.74) is 1.73. The van der Waals surface area contributed by atoms with Crippen molar-refractivity contribution in [2.24, 2.45) is 7.05 Å². The van der Waals surface area contributed by atoms with Gasteiger partial charge in [-0.25, -0.2) is 4.98 Å². The summed E-state index contributed by atoms with van der Waals surface area (Å²) in [7, 11) is 4.03. The van der Waals surface area contributed by atoms with Gasteiger partial charge < -0.3 is 15.0 Å². The number of aryl methyl sites for hydroxylation is 2. The largest absolute Gasteiger partial charge is 0.386 e. The molecule has 0 bridgehead atoms. The van der Waals surface area contributed by atoms with Crippen LogP contribution in [0.5, 0.6) is 0 Å². The average Bonchev–Trinajstić information content (AvgIpc) is 2.47. The molecule has 5 heteroatoms. The van der Waals surface area contributed by atoms with Crippen LogP contribution in [0.4, 0.5) is 0 Å². The average molecular weight is 224 g/mol. The number of β-amino-alcohol motifs (C(OH)–C–C–N with tert-alkyl or cyclic N) is 1. The van der Waals surface area contributed by atoms with E-state index in [1.165, 1.54) is 5.69 Å². The SMILES string of the molecule is Cc1ncn(C)c1CN(C)CC1(O)CNC1. The molecule has 2 heterocycles. The molecule has 2 rings (SSSR count). The first-order valence-electron chi connectivity index (χ1n) is 5.59. The first-order chi connectivity index (χ1) is 7.50. The van der Waals surface area contributed by atoms with Crippen LogP contribution in [0.25, 0.3) is 0 Å². The molecule has 1 saturated heterocycles. The topological polar surface area (TPSA) is 53.3 Å². The molecular formula is C11H20N4O. The van der Waals surface area contributed by atoms with E-state index in [9.17, 15) is 5.11 Å². The summed E-state index contributed by atoms with van der Waals surface area (Å²) in [6.45, 7) is 4.93. The van der Waals surface area contributed by atoms with Crippen LogP contribution in [0.1, 0.15) is 11.4 Å². The van der Waals surface area contributed by atoms with E-state index < -0.39 is 5.60 Å². The van der Waals surface area contributed by atoms with Crippen molar-refractivity contribution < 1.29 is 5.11 Å². The monoisotopic (exact) mass is 224 g/mol. The normalized spacial score (nSPS) is 18.8. The Hall–Kier alpha value is -0.910. The van der Waals surface area contributed by atoms with Gasteiger partial charge in [-0.2, -0.15) is 0 Å². The summed E-state index contributed by atoms with van der Waals surface area (Å²) in [4.78, 5) is 6.40. The quantitative estimate of drug-likeness (QED) is 0.723. The van der Waals surface area contributed by atoms with E-state index in [0.29, 0.717) is 19.6 Å². The second-order valence-corrected chi connectivity index (χ2v) is 4.89. The Labute approximate surface area is 96.1 Å². The Kier molecular flexibility index (Phi) is 3.01. The molecule has 1 aromatic rings. The molecule has 0 aromatic carbocycles. The second kappa shape index (κ2) is 4.16. The first kappa shape index (κ1) is 11.6. The number of rotatable bonds is 4. The Balaban J connectivity index is 1.94. The lowest BCUT2D eigenvalue weighted by Crippen LogP contribution is -2.64. The third kappa shape index (κ3) is 2.26. The Morgan fingerprint density at radius 1 is 1.62 bits per heavy atom. The zero-order chi connectivity index (χ0) is 11.8. The van der Waals surface area contributed by atoms with Gasteiger partial charge in [-0.1, -0.05) is 0 Å². The smallest absolute Gasteiger partial charge is 0.102 e. The Morgan fingerprint density at radius 3 is 2.75 bits per heavy atom. The van der Waals surface area contributed by atoms with Crippen LogP contribution in [-0.2, 0) is 13.6 Å². The van der Waals surface area contributed by atoms with Gasteiger partial charge >= 0.3 is 0 Å². The van der Waals surface area contributed by atoms with Crippen molar-refractivity contribution in [1.82, 2.24) is 19.8 Å². The number of aliphatic hydroxyl groups is 1. The molecule has 0 spiro atoms. The molecule has 1 aromatic heterocycles. The van der Waals surface area contributed by atoms with E-state index in [1.807, 2.05) is 31.9 Å². The summed E-state index contributed by atoms with van der Waals surface area (Å²) in [5, 5.41) is 13.1. The van der Waals surface area contributed by atoms with Gasteiger partial charge in [-0.05, 0) is 14.0 Å². The number of nitrogens with zero attached hydrogens (tertiary/aromatic N) is 3. The predicted molar refractivity (Wildman–Crippen MR) is 62.1 cm³/mol. The van der Waals surface area contributed by atoms with Crippen molar-refractivity contribution in [2.75, 3.05) is 26.7 Å². The molecule has 5 nitrogen and oxygen atoms in total. The van der Waals surface area contributed by atoms with Crippen LogP contribution in [0.15, 0.2) is 6.33 Å². The molecule has 16 heavy (non-hydrogen) atoms. The maximum absolute atomic E-state index is 10.0. The first-order valence-corrected chi connectivity index (χ1v) is 5.59. The summed E-state index contributed by atoms with van der Waals surface area (Å²) >= 11 is 0. The zero-order valence-corrected chi connectivity index (χ0v) is 10.2. The fourth-order valence-corrected chi connectivity index (χ4v) is 2.14. The molecule has 0 aliphatic carbocycles. The molecule has 0 radical (unpaired) electrons. The van der Waals surface area contributed by atoms with E-state index in [4.69, 9.17) is 0 Å². The molecule has 1 aliphatic rings. The summed E-state index contributed by atoms with van der Waals surface area (Å²) < 4.78 is 2.04. The second-order valence-electron chi connectivity index (χ2n) is 4.89. The Morgan fingerprint density at radius 2 is 2.31 bits per heavy atom. The third-order valence-corrected chi connectivity index (χ3v) is 3.16. The number of aromatic nitrogens is 2. The predicted octanol–water partition coefficient (Wildman–Crippen LogP) is -0.505. The molecule has 1 aliphatic heterocycles. The van der Waals surface area contributed by atoms with Gasteiger partial charge in [0.25, 0.3) is 0 Å². The van der Waals surface area contributed by atoms with Gasteiger partial charge in [-0.3, -0.25) is 4.90 Å². The van der Waals surface area contributed by atoms with Crippen molar-refractivity contribution in [3.63, 3.8) is 0 Å². The van der Waals surface area contributed by atoms with Gasteiger partial charge in [0.2, 0.25) is 0 Å². The van der Waals surface area contributed by atoms with E-state index >= 15 is 0 Å². The lowest BCUT2D eigenvalue weighted by Gasteiger charge is -2.40. The van der Waals surface area contributed by atoms with Gasteiger partial charge in [0.15, 0.2) is 0 Å². The fraction of sp³-hybridized carbons (Fsp3) is 0.727. The zero-order valence-electron chi connectivity index (χ0n) is 10.2. The van der Waals surface area contributed by atoms with Crippen LogP contribution in [-0.4, -0.2) is 51.8 Å². The molecule has 1 fully saturated rings. The van der Waals surface area contributed by atoms with Gasteiger partial charge in [0, 0.05) is 33.2 Å². The van der Waals surface area contributed by atoms with Crippen LogP contribution < -0.4 is 5.32 Å². The minimum Gasteiger partial charge on any atom is -0.386 e. The van der Waals surface area contributed by atoms with E-state index in [1.54, 1.807) is 0 Å². The molecule has 0 amide bonds. The van der Waals surface area contributed by atoms with Gasteiger partial charge in [-0.15, -0.1) is 0 Å². The molecule has 0 unspecified atom stereocenters. The molecule has 90 valence electrons. The van der Waals surface area contributed by atoms with E-state index in [2.05, 4.69) is 15.2 Å². The van der Waals surface area contributed by atoms with Crippen LogP contribution in [0, 0.1) is 6.92 Å². The summed E-state index contributed by atoms with van der Waals surface area (Å²) in [6.07, 6.45) is 1.83. The Bertz CT molecular complexity index is 351. The van der Waals surface area contributed by atoms with E-state index in [-0.39, 0.29) is 0 Å². The number of nitrogens with one attached hydrogen (secondary N) is 1. The fourth-order valence-electron chi connectivity index (χ4n) is 2.14. The van der Waals surface area contributed by atoms with Crippen molar-refractivity contribution in [2.45, 2.75) is 19.1 Å². The third-order valence-electron chi connectivity index (χ3n) is 3.16. The highest BCUT2D eigenvalue weighted by molar-refractivity contribution is 5.10. The maximum atomic E-state index is 10.0. The standard InChI is InChI=1S/C11H20N4O/c1-9-10(15(3)8-13-9)4-14(2)7-11(16)5-12-6-11/h8,12,16H,4-7H2,1-3H3. The van der Waals surface area contributed by atoms with Crippen molar-refractivity contribution in [3.8, 4) is 0 Å². The minimum absolute atomic E-state index is 0.540.